The minimum atomic E-state index is -0.572. The zero-order valence-corrected chi connectivity index (χ0v) is 12.4. The first kappa shape index (κ1) is 15.7. The lowest BCUT2D eigenvalue weighted by Crippen LogP contribution is -2.50. The number of aliphatic hydroxyl groups excluding tert-OH is 2. The highest BCUT2D eigenvalue weighted by molar-refractivity contribution is 6.30. The zero-order chi connectivity index (χ0) is 14.5. The molecule has 112 valence electrons. The summed E-state index contributed by atoms with van der Waals surface area (Å²) in [4.78, 5) is 0. The summed E-state index contributed by atoms with van der Waals surface area (Å²) in [5, 5.41) is 23.1. The van der Waals surface area contributed by atoms with Crippen LogP contribution in [0.3, 0.4) is 0 Å². The highest BCUT2D eigenvalue weighted by Crippen LogP contribution is 2.20. The number of nitrogens with one attached hydrogen (secondary N) is 1. The smallest absolute Gasteiger partial charge is 0.0898 e. The van der Waals surface area contributed by atoms with Crippen LogP contribution in [0.2, 0.25) is 5.02 Å². The van der Waals surface area contributed by atoms with E-state index >= 15 is 0 Å². The van der Waals surface area contributed by atoms with E-state index < -0.39 is 6.10 Å². The van der Waals surface area contributed by atoms with Gasteiger partial charge in [-0.2, -0.15) is 0 Å². The van der Waals surface area contributed by atoms with Crippen LogP contribution in [-0.4, -0.2) is 41.6 Å². The second kappa shape index (κ2) is 7.38. The molecule has 2 rings (SSSR count). The van der Waals surface area contributed by atoms with Gasteiger partial charge in [0.05, 0.1) is 24.9 Å². The lowest BCUT2D eigenvalue weighted by Gasteiger charge is -2.33. The monoisotopic (exact) mass is 299 g/mol. The van der Waals surface area contributed by atoms with Gasteiger partial charge in [-0.3, -0.25) is 0 Å². The van der Waals surface area contributed by atoms with Gasteiger partial charge in [0.25, 0.3) is 0 Å². The topological polar surface area (TPSA) is 61.7 Å². The molecule has 1 aliphatic rings. The predicted octanol–water partition coefficient (Wildman–Crippen LogP) is 1.89. The summed E-state index contributed by atoms with van der Waals surface area (Å²) >= 11 is 5.84. The van der Waals surface area contributed by atoms with Gasteiger partial charge >= 0.3 is 0 Å². The molecule has 2 unspecified atom stereocenters. The molecule has 20 heavy (non-hydrogen) atoms. The molecule has 0 heterocycles. The molecular formula is C15H22ClNO3. The van der Waals surface area contributed by atoms with Gasteiger partial charge in [-0.05, 0) is 37.5 Å². The minimum absolute atomic E-state index is 0.0868. The van der Waals surface area contributed by atoms with E-state index in [1.165, 1.54) is 0 Å². The Morgan fingerprint density at radius 1 is 1.35 bits per heavy atom. The lowest BCUT2D eigenvalue weighted by molar-refractivity contribution is -0.0105. The summed E-state index contributed by atoms with van der Waals surface area (Å²) in [6.45, 7) is 2.65. The number of rotatable bonds is 7. The van der Waals surface area contributed by atoms with Crippen molar-refractivity contribution in [2.45, 2.75) is 44.1 Å². The molecule has 1 aromatic rings. The molecule has 0 amide bonds. The molecule has 5 heteroatoms. The SMILES string of the molecule is CC(OCC(O)CN[C@@H]1CC[C@H]1O)c1ccc(Cl)cc1. The molecule has 1 saturated carbocycles. The van der Waals surface area contributed by atoms with Gasteiger partial charge in [0.1, 0.15) is 0 Å². The van der Waals surface area contributed by atoms with Crippen molar-refractivity contribution in [3.8, 4) is 0 Å². The van der Waals surface area contributed by atoms with E-state index in [-0.39, 0.29) is 24.9 Å². The summed E-state index contributed by atoms with van der Waals surface area (Å²) in [6, 6.07) is 7.61. The minimum Gasteiger partial charge on any atom is -0.392 e. The maximum atomic E-state index is 9.85. The third-order valence-electron chi connectivity index (χ3n) is 3.73. The standard InChI is InChI=1S/C15H22ClNO3/c1-10(11-2-4-12(16)5-3-11)20-9-13(18)8-17-14-6-7-15(14)19/h2-5,10,13-15,17-19H,6-9H2,1H3/t10?,13?,14-,15-/m1/s1. The van der Waals surface area contributed by atoms with Crippen LogP contribution in [0.25, 0.3) is 0 Å². The molecule has 0 aromatic heterocycles. The van der Waals surface area contributed by atoms with Crippen LogP contribution < -0.4 is 5.32 Å². The Morgan fingerprint density at radius 2 is 2.05 bits per heavy atom. The summed E-state index contributed by atoms with van der Waals surface area (Å²) in [7, 11) is 0. The molecule has 1 aromatic carbocycles. The summed E-state index contributed by atoms with van der Waals surface area (Å²) < 4.78 is 5.64. The van der Waals surface area contributed by atoms with E-state index in [1.807, 2.05) is 31.2 Å². The second-order valence-electron chi connectivity index (χ2n) is 5.34. The third kappa shape index (κ3) is 4.43. The van der Waals surface area contributed by atoms with Crippen molar-refractivity contribution in [1.29, 1.82) is 0 Å². The van der Waals surface area contributed by atoms with Crippen molar-refractivity contribution in [3.63, 3.8) is 0 Å². The molecule has 4 nitrogen and oxygen atoms in total. The molecule has 3 N–H and O–H groups in total. The fourth-order valence-corrected chi connectivity index (χ4v) is 2.28. The molecular weight excluding hydrogens is 278 g/mol. The van der Waals surface area contributed by atoms with Crippen LogP contribution in [-0.2, 0) is 4.74 Å². The third-order valence-corrected chi connectivity index (χ3v) is 3.98. The predicted molar refractivity (Wildman–Crippen MR) is 78.9 cm³/mol. The van der Waals surface area contributed by atoms with Crippen LogP contribution >= 0.6 is 11.6 Å². The molecule has 1 fully saturated rings. The maximum Gasteiger partial charge on any atom is 0.0898 e. The Morgan fingerprint density at radius 3 is 2.60 bits per heavy atom. The average molecular weight is 300 g/mol. The van der Waals surface area contributed by atoms with Crippen molar-refractivity contribution in [2.75, 3.05) is 13.2 Å². The van der Waals surface area contributed by atoms with E-state index in [1.54, 1.807) is 0 Å². The van der Waals surface area contributed by atoms with Gasteiger partial charge in [0, 0.05) is 17.6 Å². The van der Waals surface area contributed by atoms with Crippen molar-refractivity contribution in [2.24, 2.45) is 0 Å². The van der Waals surface area contributed by atoms with Crippen molar-refractivity contribution in [3.05, 3.63) is 34.9 Å². The average Bonchev–Trinajstić information content (AvgIpc) is 2.44. The number of hydrogen-bond donors (Lipinski definition) is 3. The molecule has 1 aliphatic carbocycles. The maximum absolute atomic E-state index is 9.85. The number of halogens is 1. The van der Waals surface area contributed by atoms with Crippen molar-refractivity contribution in [1.82, 2.24) is 5.32 Å². The van der Waals surface area contributed by atoms with E-state index in [2.05, 4.69) is 5.32 Å². The fourth-order valence-electron chi connectivity index (χ4n) is 2.15. The van der Waals surface area contributed by atoms with Crippen LogP contribution in [0.15, 0.2) is 24.3 Å². The molecule has 0 spiro atoms. The first-order valence-electron chi connectivity index (χ1n) is 7.03. The second-order valence-corrected chi connectivity index (χ2v) is 5.78. The normalized spacial score (nSPS) is 25.0. The van der Waals surface area contributed by atoms with Gasteiger partial charge in [0.15, 0.2) is 0 Å². The zero-order valence-electron chi connectivity index (χ0n) is 11.6. The largest absolute Gasteiger partial charge is 0.392 e. The van der Waals surface area contributed by atoms with Crippen LogP contribution in [0.5, 0.6) is 0 Å². The van der Waals surface area contributed by atoms with Gasteiger partial charge in [-0.1, -0.05) is 23.7 Å². The summed E-state index contributed by atoms with van der Waals surface area (Å²) in [5.41, 5.74) is 1.03. The highest BCUT2D eigenvalue weighted by atomic mass is 35.5. The first-order chi connectivity index (χ1) is 9.56. The van der Waals surface area contributed by atoms with E-state index in [0.717, 1.165) is 18.4 Å². The van der Waals surface area contributed by atoms with Crippen LogP contribution in [0.1, 0.15) is 31.4 Å². The highest BCUT2D eigenvalue weighted by Gasteiger charge is 2.28. The van der Waals surface area contributed by atoms with Crippen molar-refractivity contribution >= 4 is 11.6 Å². The Labute approximate surface area is 124 Å². The molecule has 0 bridgehead atoms. The van der Waals surface area contributed by atoms with E-state index in [4.69, 9.17) is 16.3 Å². The summed E-state index contributed by atoms with van der Waals surface area (Å²) in [6.07, 6.45) is 0.887. The number of aliphatic hydroxyl groups is 2. The fraction of sp³-hybridized carbons (Fsp3) is 0.600. The van der Waals surface area contributed by atoms with E-state index in [0.29, 0.717) is 11.6 Å². The van der Waals surface area contributed by atoms with Gasteiger partial charge in [-0.25, -0.2) is 0 Å². The quantitative estimate of drug-likeness (QED) is 0.719. The Kier molecular flexibility index (Phi) is 5.81. The Hall–Kier alpha value is -0.650. The van der Waals surface area contributed by atoms with Gasteiger partial charge in [-0.15, -0.1) is 0 Å². The molecule has 0 radical (unpaired) electrons. The van der Waals surface area contributed by atoms with Crippen LogP contribution in [0, 0.1) is 0 Å². The van der Waals surface area contributed by atoms with Gasteiger partial charge in [0.2, 0.25) is 0 Å². The number of ether oxygens (including phenoxy) is 1. The lowest BCUT2D eigenvalue weighted by atomic mass is 9.89. The van der Waals surface area contributed by atoms with Crippen molar-refractivity contribution < 1.29 is 14.9 Å². The number of benzene rings is 1. The number of hydrogen-bond acceptors (Lipinski definition) is 4. The Balaban J connectivity index is 1.67. The van der Waals surface area contributed by atoms with E-state index in [9.17, 15) is 10.2 Å². The molecule has 0 aliphatic heterocycles. The Bertz CT molecular complexity index is 412. The first-order valence-corrected chi connectivity index (χ1v) is 7.40. The molecule has 0 saturated heterocycles. The van der Waals surface area contributed by atoms with Crippen LogP contribution in [0.4, 0.5) is 0 Å². The summed E-state index contributed by atoms with van der Waals surface area (Å²) in [5.74, 6) is 0. The van der Waals surface area contributed by atoms with Gasteiger partial charge < -0.3 is 20.3 Å². The molecule has 4 atom stereocenters.